The standard InChI is InChI=1S/C6H16N2/c1-4-6(5-2)8-7-3/h6-8H,4-5H2,1-3H3. The van der Waals surface area contributed by atoms with Crippen LogP contribution in [0, 0.1) is 0 Å². The van der Waals surface area contributed by atoms with Crippen molar-refractivity contribution in [3.8, 4) is 0 Å². The Kier molecular flexibility index (Phi) is 5.01. The van der Waals surface area contributed by atoms with Gasteiger partial charge in [0.1, 0.15) is 0 Å². The lowest BCUT2D eigenvalue weighted by molar-refractivity contribution is 0.437. The molecule has 0 heterocycles. The first-order chi connectivity index (χ1) is 3.85. The zero-order chi connectivity index (χ0) is 6.41. The highest BCUT2D eigenvalue weighted by molar-refractivity contribution is 4.56. The Morgan fingerprint density at radius 3 is 1.88 bits per heavy atom. The average Bonchev–Trinajstić information content (AvgIpc) is 1.83. The zero-order valence-electron chi connectivity index (χ0n) is 5.99. The Labute approximate surface area is 51.6 Å². The van der Waals surface area contributed by atoms with Crippen LogP contribution < -0.4 is 10.9 Å². The van der Waals surface area contributed by atoms with Crippen molar-refractivity contribution in [2.45, 2.75) is 32.7 Å². The second-order valence-corrected chi connectivity index (χ2v) is 1.91. The van der Waals surface area contributed by atoms with Gasteiger partial charge < -0.3 is 0 Å². The SMILES string of the molecule is CCC(CC)NNC. The summed E-state index contributed by atoms with van der Waals surface area (Å²) in [6.45, 7) is 4.36. The topological polar surface area (TPSA) is 24.1 Å². The average molecular weight is 116 g/mol. The molecule has 8 heavy (non-hydrogen) atoms. The van der Waals surface area contributed by atoms with Gasteiger partial charge in [-0.05, 0) is 19.9 Å². The summed E-state index contributed by atoms with van der Waals surface area (Å²) in [5.74, 6) is 0. The molecular formula is C6H16N2. The monoisotopic (exact) mass is 116 g/mol. The molecule has 0 unspecified atom stereocenters. The van der Waals surface area contributed by atoms with Gasteiger partial charge in [0.25, 0.3) is 0 Å². The maximum Gasteiger partial charge on any atom is 0.0207 e. The Morgan fingerprint density at radius 1 is 1.25 bits per heavy atom. The highest BCUT2D eigenvalue weighted by Gasteiger charge is 1.96. The lowest BCUT2D eigenvalue weighted by Gasteiger charge is -2.12. The van der Waals surface area contributed by atoms with Crippen LogP contribution in [-0.4, -0.2) is 13.1 Å². The minimum atomic E-state index is 0.639. The van der Waals surface area contributed by atoms with E-state index in [9.17, 15) is 0 Å². The molecule has 50 valence electrons. The smallest absolute Gasteiger partial charge is 0.0207 e. The zero-order valence-corrected chi connectivity index (χ0v) is 5.99. The van der Waals surface area contributed by atoms with E-state index in [-0.39, 0.29) is 0 Å². The van der Waals surface area contributed by atoms with Crippen molar-refractivity contribution in [3.63, 3.8) is 0 Å². The fraction of sp³-hybridized carbons (Fsp3) is 1.00. The molecule has 0 aromatic carbocycles. The predicted octanol–water partition coefficient (Wildman–Crippen LogP) is 0.899. The van der Waals surface area contributed by atoms with Crippen molar-refractivity contribution in [2.75, 3.05) is 7.05 Å². The summed E-state index contributed by atoms with van der Waals surface area (Å²) in [5.41, 5.74) is 6.05. The van der Waals surface area contributed by atoms with E-state index in [1.165, 1.54) is 12.8 Å². The van der Waals surface area contributed by atoms with Crippen LogP contribution in [0.5, 0.6) is 0 Å². The molecule has 0 saturated carbocycles. The predicted molar refractivity (Wildman–Crippen MR) is 36.6 cm³/mol. The first-order valence-corrected chi connectivity index (χ1v) is 3.27. The lowest BCUT2D eigenvalue weighted by Crippen LogP contribution is -2.37. The highest BCUT2D eigenvalue weighted by Crippen LogP contribution is 1.92. The summed E-state index contributed by atoms with van der Waals surface area (Å²) < 4.78 is 0. The van der Waals surface area contributed by atoms with Gasteiger partial charge >= 0.3 is 0 Å². The molecule has 0 fully saturated rings. The largest absolute Gasteiger partial charge is 0.261 e. The second-order valence-electron chi connectivity index (χ2n) is 1.91. The molecule has 0 aliphatic heterocycles. The summed E-state index contributed by atoms with van der Waals surface area (Å²) in [4.78, 5) is 0. The van der Waals surface area contributed by atoms with E-state index in [2.05, 4.69) is 24.7 Å². The Morgan fingerprint density at radius 2 is 1.75 bits per heavy atom. The Balaban J connectivity index is 3.07. The van der Waals surface area contributed by atoms with Crippen LogP contribution in [0.15, 0.2) is 0 Å². The summed E-state index contributed by atoms with van der Waals surface area (Å²) >= 11 is 0. The van der Waals surface area contributed by atoms with Crippen LogP contribution in [-0.2, 0) is 0 Å². The molecule has 0 bridgehead atoms. The molecule has 0 spiro atoms. The number of rotatable bonds is 4. The van der Waals surface area contributed by atoms with Gasteiger partial charge in [-0.2, -0.15) is 0 Å². The molecule has 0 saturated heterocycles. The van der Waals surface area contributed by atoms with Crippen molar-refractivity contribution in [1.29, 1.82) is 0 Å². The minimum Gasteiger partial charge on any atom is -0.261 e. The van der Waals surface area contributed by atoms with E-state index in [4.69, 9.17) is 0 Å². The third-order valence-corrected chi connectivity index (χ3v) is 1.33. The van der Waals surface area contributed by atoms with E-state index >= 15 is 0 Å². The fourth-order valence-corrected chi connectivity index (χ4v) is 0.697. The number of nitrogens with one attached hydrogen (secondary N) is 2. The number of hydrogen-bond acceptors (Lipinski definition) is 2. The third kappa shape index (κ3) is 2.99. The van der Waals surface area contributed by atoms with Crippen molar-refractivity contribution in [1.82, 2.24) is 10.9 Å². The van der Waals surface area contributed by atoms with Crippen molar-refractivity contribution >= 4 is 0 Å². The molecular weight excluding hydrogens is 100 g/mol. The second kappa shape index (κ2) is 5.06. The van der Waals surface area contributed by atoms with Gasteiger partial charge in [-0.25, -0.2) is 0 Å². The van der Waals surface area contributed by atoms with Crippen molar-refractivity contribution in [2.24, 2.45) is 0 Å². The van der Waals surface area contributed by atoms with Crippen LogP contribution in [0.1, 0.15) is 26.7 Å². The third-order valence-electron chi connectivity index (χ3n) is 1.33. The molecule has 0 aromatic heterocycles. The molecule has 0 aliphatic carbocycles. The maximum absolute atomic E-state index is 3.13. The lowest BCUT2D eigenvalue weighted by atomic mass is 10.2. The van der Waals surface area contributed by atoms with Crippen LogP contribution in [0.4, 0.5) is 0 Å². The van der Waals surface area contributed by atoms with Crippen LogP contribution >= 0.6 is 0 Å². The first kappa shape index (κ1) is 7.92. The quantitative estimate of drug-likeness (QED) is 0.533. The minimum absolute atomic E-state index is 0.639. The molecule has 0 rings (SSSR count). The van der Waals surface area contributed by atoms with Gasteiger partial charge in [-0.3, -0.25) is 10.9 Å². The summed E-state index contributed by atoms with van der Waals surface area (Å²) in [5, 5.41) is 0. The molecule has 0 aliphatic rings. The van der Waals surface area contributed by atoms with Gasteiger partial charge in [0.2, 0.25) is 0 Å². The molecule has 2 heteroatoms. The molecule has 2 nitrogen and oxygen atoms in total. The van der Waals surface area contributed by atoms with Crippen LogP contribution in [0.2, 0.25) is 0 Å². The maximum atomic E-state index is 3.13. The summed E-state index contributed by atoms with van der Waals surface area (Å²) in [6, 6.07) is 0.639. The van der Waals surface area contributed by atoms with E-state index < -0.39 is 0 Å². The van der Waals surface area contributed by atoms with E-state index in [0.717, 1.165) is 0 Å². The summed E-state index contributed by atoms with van der Waals surface area (Å²) in [6.07, 6.45) is 2.38. The van der Waals surface area contributed by atoms with E-state index in [1.54, 1.807) is 0 Å². The normalized spacial score (nSPS) is 10.5. The van der Waals surface area contributed by atoms with Gasteiger partial charge in [-0.1, -0.05) is 13.8 Å². The van der Waals surface area contributed by atoms with Gasteiger partial charge in [0, 0.05) is 6.04 Å². The Bertz CT molecular complexity index is 41.8. The van der Waals surface area contributed by atoms with Gasteiger partial charge in [0.15, 0.2) is 0 Å². The van der Waals surface area contributed by atoms with Gasteiger partial charge in [-0.15, -0.1) is 0 Å². The molecule has 2 N–H and O–H groups in total. The fourth-order valence-electron chi connectivity index (χ4n) is 0.697. The molecule has 0 radical (unpaired) electrons. The first-order valence-electron chi connectivity index (χ1n) is 3.27. The number of hydrogen-bond donors (Lipinski definition) is 2. The highest BCUT2D eigenvalue weighted by atomic mass is 15.3. The van der Waals surface area contributed by atoms with Crippen LogP contribution in [0.3, 0.4) is 0 Å². The molecule has 0 aromatic rings. The molecule has 0 atom stereocenters. The van der Waals surface area contributed by atoms with E-state index in [1.807, 2.05) is 7.05 Å². The molecule has 0 amide bonds. The van der Waals surface area contributed by atoms with E-state index in [0.29, 0.717) is 6.04 Å². The van der Waals surface area contributed by atoms with Gasteiger partial charge in [0.05, 0.1) is 0 Å². The van der Waals surface area contributed by atoms with Crippen molar-refractivity contribution in [3.05, 3.63) is 0 Å². The number of hydrazine groups is 1. The Hall–Kier alpha value is -0.0800. The van der Waals surface area contributed by atoms with Crippen molar-refractivity contribution < 1.29 is 0 Å². The van der Waals surface area contributed by atoms with Crippen LogP contribution in [0.25, 0.3) is 0 Å². The summed E-state index contributed by atoms with van der Waals surface area (Å²) in [7, 11) is 1.90.